The minimum Gasteiger partial charge on any atom is -0.493 e. The summed E-state index contributed by atoms with van der Waals surface area (Å²) in [6, 6.07) is 10.1. The third kappa shape index (κ3) is 6.20. The van der Waals surface area contributed by atoms with Gasteiger partial charge in [-0.25, -0.2) is 0 Å². The second-order valence-electron chi connectivity index (χ2n) is 5.70. The molecule has 0 spiro atoms. The van der Waals surface area contributed by atoms with Gasteiger partial charge in [-0.1, -0.05) is 41.3 Å². The molecule has 0 heterocycles. The predicted molar refractivity (Wildman–Crippen MR) is 112 cm³/mol. The quantitative estimate of drug-likeness (QED) is 0.450. The molecule has 0 saturated heterocycles. The number of amides is 1. The molecular weight excluding hydrogens is 417 g/mol. The van der Waals surface area contributed by atoms with Crippen molar-refractivity contribution in [2.75, 3.05) is 34.0 Å². The summed E-state index contributed by atoms with van der Waals surface area (Å²) in [7, 11) is 3.00. The molecular formula is C21H21Cl2NO5. The van der Waals surface area contributed by atoms with Crippen molar-refractivity contribution in [1.82, 2.24) is 5.32 Å². The van der Waals surface area contributed by atoms with Gasteiger partial charge in [0.2, 0.25) is 0 Å². The lowest BCUT2D eigenvalue weighted by molar-refractivity contribution is -0.132. The van der Waals surface area contributed by atoms with Gasteiger partial charge in [0.15, 0.2) is 17.6 Å². The maximum atomic E-state index is 12.5. The number of rotatable bonds is 10. The minimum absolute atomic E-state index is 0.00152. The highest BCUT2D eigenvalue weighted by atomic mass is 35.5. The van der Waals surface area contributed by atoms with Crippen LogP contribution in [0.15, 0.2) is 36.4 Å². The van der Waals surface area contributed by atoms with Gasteiger partial charge in [0.25, 0.3) is 5.91 Å². The Kier molecular flexibility index (Phi) is 8.94. The van der Waals surface area contributed by atoms with Crippen molar-refractivity contribution >= 4 is 29.1 Å². The molecule has 1 atom stereocenters. The SMILES string of the molecule is C#CCOC(C(=O)NCCOc1ccc(OC)c(OC)c1Cl)c1ccc(Cl)cc1. The van der Waals surface area contributed by atoms with Crippen LogP contribution in [0.2, 0.25) is 10.0 Å². The Labute approximate surface area is 180 Å². The summed E-state index contributed by atoms with van der Waals surface area (Å²) in [5.41, 5.74) is 0.644. The van der Waals surface area contributed by atoms with E-state index in [4.69, 9.17) is 48.6 Å². The molecule has 0 fully saturated rings. The van der Waals surface area contributed by atoms with Crippen LogP contribution in [0.1, 0.15) is 11.7 Å². The molecule has 8 heteroatoms. The number of terminal acetylenes is 1. The van der Waals surface area contributed by atoms with Crippen LogP contribution in [0.3, 0.4) is 0 Å². The van der Waals surface area contributed by atoms with Gasteiger partial charge in [-0.3, -0.25) is 4.79 Å². The van der Waals surface area contributed by atoms with E-state index < -0.39 is 6.10 Å². The number of benzene rings is 2. The molecule has 1 amide bonds. The largest absolute Gasteiger partial charge is 0.493 e. The third-order valence-electron chi connectivity index (χ3n) is 3.85. The zero-order valence-electron chi connectivity index (χ0n) is 16.0. The summed E-state index contributed by atoms with van der Waals surface area (Å²) >= 11 is 12.2. The van der Waals surface area contributed by atoms with E-state index >= 15 is 0 Å². The molecule has 0 radical (unpaired) electrons. The van der Waals surface area contributed by atoms with E-state index in [1.165, 1.54) is 14.2 Å². The van der Waals surface area contributed by atoms with Crippen molar-refractivity contribution in [1.29, 1.82) is 0 Å². The zero-order valence-corrected chi connectivity index (χ0v) is 17.5. The van der Waals surface area contributed by atoms with E-state index in [0.717, 1.165) is 0 Å². The Balaban J connectivity index is 1.95. The summed E-state index contributed by atoms with van der Waals surface area (Å²) in [5, 5.41) is 3.60. The number of hydrogen-bond donors (Lipinski definition) is 1. The van der Waals surface area contributed by atoms with Crippen molar-refractivity contribution in [3.63, 3.8) is 0 Å². The van der Waals surface area contributed by atoms with Gasteiger partial charge in [0, 0.05) is 5.02 Å². The van der Waals surface area contributed by atoms with Gasteiger partial charge in [0.1, 0.15) is 24.0 Å². The van der Waals surface area contributed by atoms with Crippen LogP contribution in [-0.2, 0) is 9.53 Å². The minimum atomic E-state index is -0.854. The Hall–Kier alpha value is -2.59. The lowest BCUT2D eigenvalue weighted by Gasteiger charge is -2.17. The predicted octanol–water partition coefficient (Wildman–Crippen LogP) is 3.90. The summed E-state index contributed by atoms with van der Waals surface area (Å²) in [4.78, 5) is 12.5. The first-order chi connectivity index (χ1) is 14.0. The molecule has 6 nitrogen and oxygen atoms in total. The van der Waals surface area contributed by atoms with Crippen LogP contribution >= 0.6 is 23.2 Å². The molecule has 2 rings (SSSR count). The van der Waals surface area contributed by atoms with Crippen molar-refractivity contribution < 1.29 is 23.7 Å². The maximum Gasteiger partial charge on any atom is 0.253 e. The second kappa shape index (κ2) is 11.4. The van der Waals surface area contributed by atoms with Crippen LogP contribution in [-0.4, -0.2) is 39.9 Å². The molecule has 0 aliphatic rings. The van der Waals surface area contributed by atoms with E-state index in [9.17, 15) is 4.79 Å². The summed E-state index contributed by atoms with van der Waals surface area (Å²) in [6.07, 6.45) is 4.39. The molecule has 0 aliphatic heterocycles. The van der Waals surface area contributed by atoms with Crippen molar-refractivity contribution in [3.05, 3.63) is 52.0 Å². The van der Waals surface area contributed by atoms with Crippen LogP contribution in [0, 0.1) is 12.3 Å². The fourth-order valence-electron chi connectivity index (χ4n) is 2.50. The molecule has 0 bridgehead atoms. The highest BCUT2D eigenvalue weighted by Crippen LogP contribution is 2.41. The van der Waals surface area contributed by atoms with Crippen molar-refractivity contribution in [3.8, 4) is 29.6 Å². The number of methoxy groups -OCH3 is 2. The van der Waals surface area contributed by atoms with Gasteiger partial charge >= 0.3 is 0 Å². The fourth-order valence-corrected chi connectivity index (χ4v) is 2.92. The Morgan fingerprint density at radius 2 is 1.79 bits per heavy atom. The first kappa shape index (κ1) is 22.7. The molecule has 0 aromatic heterocycles. The van der Waals surface area contributed by atoms with Crippen molar-refractivity contribution in [2.45, 2.75) is 6.10 Å². The number of nitrogens with one attached hydrogen (secondary N) is 1. The van der Waals surface area contributed by atoms with Crippen LogP contribution in [0.5, 0.6) is 17.2 Å². The number of hydrogen-bond acceptors (Lipinski definition) is 5. The monoisotopic (exact) mass is 437 g/mol. The third-order valence-corrected chi connectivity index (χ3v) is 4.46. The summed E-state index contributed by atoms with van der Waals surface area (Å²) in [5.74, 6) is 3.30. The topological polar surface area (TPSA) is 66.0 Å². The smallest absolute Gasteiger partial charge is 0.253 e. The molecule has 0 saturated carbocycles. The van der Waals surface area contributed by atoms with Gasteiger partial charge in [0.05, 0.1) is 20.8 Å². The standard InChI is InChI=1S/C21H21Cl2NO5/c1-4-12-29-19(14-5-7-15(22)8-6-14)21(25)24-11-13-28-16-9-10-17(26-2)20(27-3)18(16)23/h1,5-10,19H,11-13H2,2-3H3,(H,24,25). The van der Waals surface area contributed by atoms with Gasteiger partial charge in [-0.05, 0) is 29.8 Å². The molecule has 0 aliphatic carbocycles. The number of ether oxygens (including phenoxy) is 4. The van der Waals surface area contributed by atoms with E-state index in [1.54, 1.807) is 36.4 Å². The fraction of sp³-hybridized carbons (Fsp3) is 0.286. The normalized spacial score (nSPS) is 11.3. The zero-order chi connectivity index (χ0) is 21.2. The van der Waals surface area contributed by atoms with Crippen molar-refractivity contribution in [2.24, 2.45) is 0 Å². The number of carbonyl (C=O) groups excluding carboxylic acids is 1. The lowest BCUT2D eigenvalue weighted by Crippen LogP contribution is -2.34. The number of carbonyl (C=O) groups is 1. The Bertz CT molecular complexity index is 865. The lowest BCUT2D eigenvalue weighted by atomic mass is 10.1. The average molecular weight is 438 g/mol. The van der Waals surface area contributed by atoms with Crippen LogP contribution in [0.25, 0.3) is 0 Å². The van der Waals surface area contributed by atoms with Gasteiger partial charge in [-0.2, -0.15) is 0 Å². The van der Waals surface area contributed by atoms with Crippen LogP contribution < -0.4 is 19.5 Å². The highest BCUT2D eigenvalue weighted by molar-refractivity contribution is 6.33. The summed E-state index contributed by atoms with van der Waals surface area (Å²) < 4.78 is 21.5. The summed E-state index contributed by atoms with van der Waals surface area (Å²) in [6.45, 7) is 0.412. The molecule has 2 aromatic rings. The molecule has 2 aromatic carbocycles. The Morgan fingerprint density at radius 1 is 1.10 bits per heavy atom. The Morgan fingerprint density at radius 3 is 2.41 bits per heavy atom. The molecule has 1 unspecified atom stereocenters. The number of halogens is 2. The maximum absolute atomic E-state index is 12.5. The van der Waals surface area contributed by atoms with Gasteiger partial charge < -0.3 is 24.3 Å². The highest BCUT2D eigenvalue weighted by Gasteiger charge is 2.21. The molecule has 154 valence electrons. The van der Waals surface area contributed by atoms with E-state index in [2.05, 4.69) is 11.2 Å². The molecule has 1 N–H and O–H groups in total. The average Bonchev–Trinajstić information content (AvgIpc) is 2.73. The first-order valence-corrected chi connectivity index (χ1v) is 9.39. The van der Waals surface area contributed by atoms with Gasteiger partial charge in [-0.15, -0.1) is 6.42 Å². The van der Waals surface area contributed by atoms with Crippen LogP contribution in [0.4, 0.5) is 0 Å². The van der Waals surface area contributed by atoms with E-state index in [0.29, 0.717) is 27.8 Å². The second-order valence-corrected chi connectivity index (χ2v) is 6.51. The first-order valence-electron chi connectivity index (χ1n) is 8.63. The van der Waals surface area contributed by atoms with E-state index in [1.807, 2.05) is 0 Å². The van der Waals surface area contributed by atoms with E-state index in [-0.39, 0.29) is 30.7 Å². The molecule has 29 heavy (non-hydrogen) atoms.